The first-order valence-corrected chi connectivity index (χ1v) is 7.32. The number of piperidine rings is 1. The molecule has 0 unspecified atom stereocenters. The van der Waals surface area contributed by atoms with Gasteiger partial charge in [0.25, 0.3) is 0 Å². The van der Waals surface area contributed by atoms with Crippen molar-refractivity contribution in [2.45, 2.75) is 31.3 Å². The largest absolute Gasteiger partial charge is 0.450 e. The quantitative estimate of drug-likeness (QED) is 0.763. The first kappa shape index (κ1) is 11.5. The van der Waals surface area contributed by atoms with Gasteiger partial charge in [-0.25, -0.2) is 4.79 Å². The molecule has 1 aromatic rings. The Morgan fingerprint density at radius 1 is 1.21 bits per heavy atom. The molecule has 1 aromatic carbocycles. The lowest BCUT2D eigenvalue weighted by molar-refractivity contribution is -0.0434. The molecular weight excluding hydrogens is 238 g/mol. The van der Waals surface area contributed by atoms with Gasteiger partial charge in [0.05, 0.1) is 5.56 Å². The number of hydrogen-bond acceptors (Lipinski definition) is 3. The summed E-state index contributed by atoms with van der Waals surface area (Å²) in [6.07, 6.45) is 4.70. The number of fused-ring (bicyclic) bond motifs is 2. The van der Waals surface area contributed by atoms with E-state index in [9.17, 15) is 4.79 Å². The zero-order chi connectivity index (χ0) is 12.9. The van der Waals surface area contributed by atoms with Crippen LogP contribution in [-0.4, -0.2) is 30.5 Å². The predicted octanol–water partition coefficient (Wildman–Crippen LogP) is 2.56. The fraction of sp³-hybridized carbons (Fsp3) is 0.562. The Morgan fingerprint density at radius 2 is 1.95 bits per heavy atom. The fourth-order valence-corrected chi connectivity index (χ4v) is 3.48. The van der Waals surface area contributed by atoms with Crippen molar-refractivity contribution in [2.75, 3.05) is 19.6 Å². The van der Waals surface area contributed by atoms with Crippen LogP contribution in [-0.2, 0) is 10.3 Å². The van der Waals surface area contributed by atoms with Crippen molar-refractivity contribution in [1.82, 2.24) is 4.90 Å². The van der Waals surface area contributed by atoms with Crippen LogP contribution in [0.25, 0.3) is 0 Å². The Labute approximate surface area is 113 Å². The first-order valence-electron chi connectivity index (χ1n) is 7.32. The maximum absolute atomic E-state index is 12.0. The number of hydrogen-bond donors (Lipinski definition) is 0. The topological polar surface area (TPSA) is 29.5 Å². The van der Waals surface area contributed by atoms with E-state index in [4.69, 9.17) is 4.74 Å². The molecule has 3 aliphatic rings. The van der Waals surface area contributed by atoms with E-state index < -0.39 is 0 Å². The van der Waals surface area contributed by atoms with E-state index in [1.165, 1.54) is 19.4 Å². The first-order chi connectivity index (χ1) is 9.27. The molecule has 100 valence electrons. The van der Waals surface area contributed by atoms with Crippen LogP contribution < -0.4 is 0 Å². The average Bonchev–Trinajstić information content (AvgIpc) is 3.21. The number of rotatable bonds is 2. The molecule has 1 saturated carbocycles. The number of benzene rings is 1. The molecule has 2 fully saturated rings. The maximum atomic E-state index is 12.0. The maximum Gasteiger partial charge on any atom is 0.339 e. The van der Waals surface area contributed by atoms with Crippen molar-refractivity contribution in [3.05, 3.63) is 35.4 Å². The highest BCUT2D eigenvalue weighted by Crippen LogP contribution is 2.44. The summed E-state index contributed by atoms with van der Waals surface area (Å²) in [6.45, 7) is 3.35. The highest BCUT2D eigenvalue weighted by molar-refractivity contribution is 5.94. The molecule has 4 rings (SSSR count). The van der Waals surface area contributed by atoms with Crippen LogP contribution in [0.15, 0.2) is 24.3 Å². The molecule has 0 aromatic heterocycles. The lowest BCUT2D eigenvalue weighted by atomic mass is 9.84. The third-order valence-corrected chi connectivity index (χ3v) is 4.80. The molecule has 0 radical (unpaired) electrons. The van der Waals surface area contributed by atoms with Crippen molar-refractivity contribution >= 4 is 5.97 Å². The SMILES string of the molecule is O=C1OC2(CCN(CC3CC3)CC2)c2ccccc21. The van der Waals surface area contributed by atoms with E-state index in [-0.39, 0.29) is 11.6 Å². The summed E-state index contributed by atoms with van der Waals surface area (Å²) in [6, 6.07) is 7.89. The standard InChI is InChI=1S/C16H19NO2/c18-15-13-3-1-2-4-14(13)16(19-15)7-9-17(10-8-16)11-12-5-6-12/h1-4,12H,5-11H2. The Hall–Kier alpha value is -1.35. The van der Waals surface area contributed by atoms with E-state index in [1.54, 1.807) is 0 Å². The number of likely N-dealkylation sites (tertiary alicyclic amines) is 1. The predicted molar refractivity (Wildman–Crippen MR) is 71.9 cm³/mol. The zero-order valence-electron chi connectivity index (χ0n) is 11.1. The number of carbonyl (C=O) groups excluding carboxylic acids is 1. The fourth-order valence-electron chi connectivity index (χ4n) is 3.48. The Bertz CT molecular complexity index is 513. The Kier molecular flexibility index (Phi) is 2.46. The molecule has 19 heavy (non-hydrogen) atoms. The lowest BCUT2D eigenvalue weighted by Crippen LogP contribution is -2.43. The van der Waals surface area contributed by atoms with Crippen molar-refractivity contribution in [3.63, 3.8) is 0 Å². The van der Waals surface area contributed by atoms with Gasteiger partial charge in [0.2, 0.25) is 0 Å². The van der Waals surface area contributed by atoms with Crippen LogP contribution in [0.4, 0.5) is 0 Å². The van der Waals surface area contributed by atoms with Crippen molar-refractivity contribution in [2.24, 2.45) is 5.92 Å². The van der Waals surface area contributed by atoms with Gasteiger partial charge in [0, 0.05) is 38.0 Å². The molecule has 1 saturated heterocycles. The minimum atomic E-state index is -0.326. The van der Waals surface area contributed by atoms with Gasteiger partial charge in [-0.15, -0.1) is 0 Å². The molecule has 2 aliphatic heterocycles. The molecule has 1 spiro atoms. The number of ether oxygens (including phenoxy) is 1. The van der Waals surface area contributed by atoms with Crippen LogP contribution in [0.5, 0.6) is 0 Å². The summed E-state index contributed by atoms with van der Waals surface area (Å²) >= 11 is 0. The summed E-state index contributed by atoms with van der Waals surface area (Å²) in [5, 5.41) is 0. The number of nitrogens with zero attached hydrogens (tertiary/aromatic N) is 1. The minimum Gasteiger partial charge on any atom is -0.450 e. The van der Waals surface area contributed by atoms with Crippen LogP contribution >= 0.6 is 0 Å². The molecule has 0 atom stereocenters. The van der Waals surface area contributed by atoms with Crippen LogP contribution in [0.3, 0.4) is 0 Å². The average molecular weight is 257 g/mol. The molecular formula is C16H19NO2. The van der Waals surface area contributed by atoms with Gasteiger partial charge in [-0.2, -0.15) is 0 Å². The molecule has 3 heteroatoms. The number of carbonyl (C=O) groups is 1. The Morgan fingerprint density at radius 3 is 2.68 bits per heavy atom. The van der Waals surface area contributed by atoms with E-state index in [0.29, 0.717) is 0 Å². The number of esters is 1. The van der Waals surface area contributed by atoms with Gasteiger partial charge in [0.1, 0.15) is 5.60 Å². The van der Waals surface area contributed by atoms with Crippen LogP contribution in [0, 0.1) is 5.92 Å². The van der Waals surface area contributed by atoms with Crippen molar-refractivity contribution in [3.8, 4) is 0 Å². The third kappa shape index (κ3) is 1.88. The summed E-state index contributed by atoms with van der Waals surface area (Å²) < 4.78 is 5.76. The molecule has 3 nitrogen and oxygen atoms in total. The van der Waals surface area contributed by atoms with Gasteiger partial charge in [-0.1, -0.05) is 18.2 Å². The third-order valence-electron chi connectivity index (χ3n) is 4.80. The van der Waals surface area contributed by atoms with Gasteiger partial charge < -0.3 is 9.64 Å². The lowest BCUT2D eigenvalue weighted by Gasteiger charge is -2.38. The Balaban J connectivity index is 1.55. The summed E-state index contributed by atoms with van der Waals surface area (Å²) in [5.41, 5.74) is 1.57. The van der Waals surface area contributed by atoms with Gasteiger partial charge in [-0.3, -0.25) is 0 Å². The second-order valence-electron chi connectivity index (χ2n) is 6.17. The second kappa shape index (κ2) is 4.07. The second-order valence-corrected chi connectivity index (χ2v) is 6.17. The normalized spacial score (nSPS) is 25.4. The van der Waals surface area contributed by atoms with Crippen LogP contribution in [0.1, 0.15) is 41.6 Å². The van der Waals surface area contributed by atoms with E-state index in [1.807, 2.05) is 18.2 Å². The van der Waals surface area contributed by atoms with Gasteiger partial charge >= 0.3 is 5.97 Å². The van der Waals surface area contributed by atoms with Crippen molar-refractivity contribution in [1.29, 1.82) is 0 Å². The smallest absolute Gasteiger partial charge is 0.339 e. The van der Waals surface area contributed by atoms with Gasteiger partial charge in [-0.05, 0) is 24.8 Å². The summed E-state index contributed by atoms with van der Waals surface area (Å²) in [4.78, 5) is 14.5. The zero-order valence-corrected chi connectivity index (χ0v) is 11.1. The minimum absolute atomic E-state index is 0.133. The van der Waals surface area contributed by atoms with E-state index in [0.717, 1.165) is 43.0 Å². The molecule has 0 N–H and O–H groups in total. The van der Waals surface area contributed by atoms with Crippen molar-refractivity contribution < 1.29 is 9.53 Å². The molecule has 0 amide bonds. The highest BCUT2D eigenvalue weighted by atomic mass is 16.6. The monoisotopic (exact) mass is 257 g/mol. The molecule has 2 heterocycles. The summed E-state index contributed by atoms with van der Waals surface area (Å²) in [7, 11) is 0. The highest BCUT2D eigenvalue weighted by Gasteiger charge is 2.47. The van der Waals surface area contributed by atoms with E-state index in [2.05, 4.69) is 11.0 Å². The van der Waals surface area contributed by atoms with Gasteiger partial charge in [0.15, 0.2) is 0 Å². The summed E-state index contributed by atoms with van der Waals surface area (Å²) in [5.74, 6) is 0.804. The van der Waals surface area contributed by atoms with Crippen LogP contribution in [0.2, 0.25) is 0 Å². The molecule has 0 bridgehead atoms. The molecule has 1 aliphatic carbocycles. The van der Waals surface area contributed by atoms with E-state index >= 15 is 0 Å².